The monoisotopic (exact) mass is 363 g/mol. The van der Waals surface area contributed by atoms with Gasteiger partial charge >= 0.3 is 0 Å². The molecule has 3 rings (SSSR count). The van der Waals surface area contributed by atoms with Crippen LogP contribution >= 0.6 is 15.9 Å². The molecule has 0 bridgehead atoms. The summed E-state index contributed by atoms with van der Waals surface area (Å²) in [6.45, 7) is 4.39. The van der Waals surface area contributed by atoms with Gasteiger partial charge in [-0.2, -0.15) is 0 Å². The van der Waals surface area contributed by atoms with E-state index in [-0.39, 0.29) is 5.91 Å². The van der Waals surface area contributed by atoms with E-state index in [1.54, 1.807) is 7.11 Å². The number of furan rings is 1. The molecule has 0 radical (unpaired) electrons. The number of halogens is 1. The predicted molar refractivity (Wildman–Crippen MR) is 88.9 cm³/mol. The Morgan fingerprint density at radius 2 is 2.09 bits per heavy atom. The molecule has 4 nitrogen and oxygen atoms in total. The van der Waals surface area contributed by atoms with Crippen LogP contribution < -0.4 is 9.64 Å². The van der Waals surface area contributed by atoms with Crippen molar-refractivity contribution in [2.45, 2.75) is 26.7 Å². The highest BCUT2D eigenvalue weighted by atomic mass is 79.9. The zero-order valence-corrected chi connectivity index (χ0v) is 14.5. The number of nitrogens with zero attached hydrogens (tertiary/aromatic N) is 1. The van der Waals surface area contributed by atoms with E-state index < -0.39 is 0 Å². The van der Waals surface area contributed by atoms with Crippen LogP contribution in [0.3, 0.4) is 0 Å². The van der Waals surface area contributed by atoms with Crippen molar-refractivity contribution in [1.29, 1.82) is 0 Å². The Bertz CT molecular complexity index is 736. The van der Waals surface area contributed by atoms with Crippen molar-refractivity contribution >= 4 is 27.5 Å². The third kappa shape index (κ3) is 2.43. The topological polar surface area (TPSA) is 42.7 Å². The van der Waals surface area contributed by atoms with Crippen LogP contribution in [0, 0.1) is 13.8 Å². The molecule has 0 atom stereocenters. The van der Waals surface area contributed by atoms with Crippen LogP contribution in [0.5, 0.6) is 5.75 Å². The van der Waals surface area contributed by atoms with E-state index >= 15 is 0 Å². The number of aryl methyl sites for hydroxylation is 3. The Kier molecular flexibility index (Phi) is 4.00. The lowest BCUT2D eigenvalue weighted by atomic mass is 10.0. The summed E-state index contributed by atoms with van der Waals surface area (Å²) in [6, 6.07) is 5.87. The number of benzene rings is 1. The van der Waals surface area contributed by atoms with Crippen molar-refractivity contribution in [3.63, 3.8) is 0 Å². The molecular weight excluding hydrogens is 346 g/mol. The van der Waals surface area contributed by atoms with Crippen LogP contribution in [-0.2, 0) is 6.42 Å². The first-order chi connectivity index (χ1) is 10.5. The van der Waals surface area contributed by atoms with Gasteiger partial charge in [0.05, 0.1) is 17.1 Å². The number of amides is 1. The fourth-order valence-electron chi connectivity index (χ4n) is 2.95. The summed E-state index contributed by atoms with van der Waals surface area (Å²) in [5.41, 5.74) is 2.72. The Morgan fingerprint density at radius 3 is 2.73 bits per heavy atom. The predicted octanol–water partition coefficient (Wildman–Crippen LogP) is 4.26. The van der Waals surface area contributed by atoms with Crippen molar-refractivity contribution in [1.82, 2.24) is 0 Å². The second kappa shape index (κ2) is 5.80. The summed E-state index contributed by atoms with van der Waals surface area (Å²) in [6.07, 6.45) is 1.90. The average molecular weight is 364 g/mol. The Morgan fingerprint density at radius 1 is 1.32 bits per heavy atom. The molecule has 116 valence electrons. The Hall–Kier alpha value is -1.75. The first kappa shape index (κ1) is 15.2. The fourth-order valence-corrected chi connectivity index (χ4v) is 3.48. The van der Waals surface area contributed by atoms with Gasteiger partial charge in [0.25, 0.3) is 5.91 Å². The molecule has 1 amide bonds. The Labute approximate surface area is 138 Å². The number of hydrogen-bond acceptors (Lipinski definition) is 3. The lowest BCUT2D eigenvalue weighted by molar-refractivity contribution is 0.0983. The van der Waals surface area contributed by atoms with Crippen molar-refractivity contribution in [3.05, 3.63) is 45.3 Å². The summed E-state index contributed by atoms with van der Waals surface area (Å²) in [5, 5.41) is 0. The highest BCUT2D eigenvalue weighted by molar-refractivity contribution is 9.10. The van der Waals surface area contributed by atoms with Crippen LogP contribution in [0.25, 0.3) is 0 Å². The number of methoxy groups -OCH3 is 1. The van der Waals surface area contributed by atoms with E-state index in [4.69, 9.17) is 9.15 Å². The van der Waals surface area contributed by atoms with E-state index in [9.17, 15) is 4.79 Å². The van der Waals surface area contributed by atoms with Gasteiger partial charge in [-0.05, 0) is 66.4 Å². The van der Waals surface area contributed by atoms with E-state index in [1.165, 1.54) is 0 Å². The maximum absolute atomic E-state index is 13.0. The second-order valence-electron chi connectivity index (χ2n) is 5.46. The van der Waals surface area contributed by atoms with Gasteiger partial charge in [0.15, 0.2) is 0 Å². The molecule has 1 aliphatic rings. The molecule has 0 saturated carbocycles. The molecule has 1 aromatic carbocycles. The summed E-state index contributed by atoms with van der Waals surface area (Å²) in [5.74, 6) is 2.18. The summed E-state index contributed by atoms with van der Waals surface area (Å²) >= 11 is 3.47. The molecule has 0 aliphatic carbocycles. The molecule has 5 heteroatoms. The van der Waals surface area contributed by atoms with Gasteiger partial charge in [0.1, 0.15) is 17.3 Å². The first-order valence-electron chi connectivity index (χ1n) is 7.27. The molecule has 0 saturated heterocycles. The first-order valence-corrected chi connectivity index (χ1v) is 8.06. The maximum atomic E-state index is 13.0. The van der Waals surface area contributed by atoms with Crippen LogP contribution in [0.15, 0.2) is 27.1 Å². The minimum absolute atomic E-state index is 0.0210. The average Bonchev–Trinajstić information content (AvgIpc) is 2.78. The smallest absolute Gasteiger partial charge is 0.262 e. The highest BCUT2D eigenvalue weighted by Crippen LogP contribution is 2.34. The molecule has 1 aliphatic heterocycles. The second-order valence-corrected chi connectivity index (χ2v) is 6.25. The van der Waals surface area contributed by atoms with Gasteiger partial charge in [-0.3, -0.25) is 4.79 Å². The molecule has 0 unspecified atom stereocenters. The molecule has 0 N–H and O–H groups in total. The standard InChI is InChI=1S/C17H18BrNO3/c1-10-15(16(18)11(2)22-10)17(20)19-8-4-5-12-9-13(21-3)6-7-14(12)19/h6-7,9H,4-5,8H2,1-3H3. The number of hydrogen-bond donors (Lipinski definition) is 0. The summed E-state index contributed by atoms with van der Waals surface area (Å²) < 4.78 is 11.6. The fraction of sp³-hybridized carbons (Fsp3) is 0.353. The number of anilines is 1. The number of carbonyl (C=O) groups is 1. The lowest BCUT2D eigenvalue weighted by Crippen LogP contribution is -2.35. The van der Waals surface area contributed by atoms with Crippen molar-refractivity contribution in [2.24, 2.45) is 0 Å². The Balaban J connectivity index is 2.02. The van der Waals surface area contributed by atoms with Crippen molar-refractivity contribution in [3.8, 4) is 5.75 Å². The zero-order chi connectivity index (χ0) is 15.9. The van der Waals surface area contributed by atoms with E-state index in [2.05, 4.69) is 15.9 Å². The summed E-state index contributed by atoms with van der Waals surface area (Å²) in [4.78, 5) is 14.8. The highest BCUT2D eigenvalue weighted by Gasteiger charge is 2.28. The minimum atomic E-state index is -0.0210. The lowest BCUT2D eigenvalue weighted by Gasteiger charge is -2.29. The minimum Gasteiger partial charge on any atom is -0.497 e. The van der Waals surface area contributed by atoms with Gasteiger partial charge in [-0.1, -0.05) is 0 Å². The van der Waals surface area contributed by atoms with Gasteiger partial charge < -0.3 is 14.1 Å². The molecule has 2 heterocycles. The molecule has 1 aromatic heterocycles. The van der Waals surface area contributed by atoms with Gasteiger partial charge in [0.2, 0.25) is 0 Å². The third-order valence-electron chi connectivity index (χ3n) is 4.05. The van der Waals surface area contributed by atoms with Crippen molar-refractivity contribution < 1.29 is 13.9 Å². The molecule has 0 spiro atoms. The van der Waals surface area contributed by atoms with Crippen molar-refractivity contribution in [2.75, 3.05) is 18.6 Å². The number of carbonyl (C=O) groups excluding carboxylic acids is 1. The normalized spacial score (nSPS) is 13.9. The number of rotatable bonds is 2. The van der Waals surface area contributed by atoms with E-state index in [1.807, 2.05) is 36.9 Å². The largest absolute Gasteiger partial charge is 0.497 e. The van der Waals surface area contributed by atoms with Crippen LogP contribution in [0.4, 0.5) is 5.69 Å². The van der Waals surface area contributed by atoms with Gasteiger partial charge in [-0.15, -0.1) is 0 Å². The molecular formula is C17H18BrNO3. The van der Waals surface area contributed by atoms with Gasteiger partial charge in [-0.25, -0.2) is 0 Å². The maximum Gasteiger partial charge on any atom is 0.262 e. The quantitative estimate of drug-likeness (QED) is 0.800. The zero-order valence-electron chi connectivity index (χ0n) is 12.9. The number of ether oxygens (including phenoxy) is 1. The molecule has 22 heavy (non-hydrogen) atoms. The molecule has 2 aromatic rings. The van der Waals surface area contributed by atoms with Crippen LogP contribution in [-0.4, -0.2) is 19.6 Å². The third-order valence-corrected chi connectivity index (χ3v) is 5.01. The number of fused-ring (bicyclic) bond motifs is 1. The van der Waals surface area contributed by atoms with Gasteiger partial charge in [0, 0.05) is 12.2 Å². The van der Waals surface area contributed by atoms with E-state index in [0.29, 0.717) is 17.9 Å². The summed E-state index contributed by atoms with van der Waals surface area (Å²) in [7, 11) is 1.65. The van der Waals surface area contributed by atoms with Crippen LogP contribution in [0.1, 0.15) is 33.9 Å². The SMILES string of the molecule is COc1ccc2c(c1)CCCN2C(=O)c1c(C)oc(C)c1Br. The van der Waals surface area contributed by atoms with E-state index in [0.717, 1.165) is 40.1 Å². The van der Waals surface area contributed by atoms with Crippen LogP contribution in [0.2, 0.25) is 0 Å². The molecule has 0 fully saturated rings.